The van der Waals surface area contributed by atoms with E-state index in [0.717, 1.165) is 16.5 Å². The Morgan fingerprint density at radius 3 is 2.52 bits per heavy atom. The van der Waals surface area contributed by atoms with Gasteiger partial charge in [0.15, 0.2) is 5.96 Å². The Hall–Kier alpha value is -2.79. The third kappa shape index (κ3) is 4.11. The fourth-order valence-corrected chi connectivity index (χ4v) is 2.19. The van der Waals surface area contributed by atoms with Gasteiger partial charge in [-0.25, -0.2) is 0 Å². The second kappa shape index (κ2) is 7.47. The number of aromatic nitrogens is 1. The van der Waals surface area contributed by atoms with Crippen LogP contribution in [0.2, 0.25) is 0 Å². The molecule has 0 saturated heterocycles. The van der Waals surface area contributed by atoms with Crippen LogP contribution in [0.15, 0.2) is 65.7 Å². The third-order valence-corrected chi connectivity index (χ3v) is 3.30. The minimum absolute atomic E-state index is 0. The Kier molecular flexibility index (Phi) is 5.38. The summed E-state index contributed by atoms with van der Waals surface area (Å²) in [6.07, 6.45) is 0. The molecular formula is C17H17ClN4O. The number of hydrogen-bond donors (Lipinski definition) is 3. The van der Waals surface area contributed by atoms with Crippen molar-refractivity contribution in [1.82, 2.24) is 10.3 Å². The smallest absolute Gasteiger partial charge is 0.296 e. The lowest BCUT2D eigenvalue weighted by Gasteiger charge is -2.04. The van der Waals surface area contributed by atoms with Gasteiger partial charge in [0, 0.05) is 17.4 Å². The zero-order valence-corrected chi connectivity index (χ0v) is 13.1. The van der Waals surface area contributed by atoms with Crippen molar-refractivity contribution in [2.75, 3.05) is 0 Å². The second-order valence-corrected chi connectivity index (χ2v) is 4.91. The van der Waals surface area contributed by atoms with E-state index in [0.29, 0.717) is 12.2 Å². The quantitative estimate of drug-likeness (QED) is 0.510. The predicted molar refractivity (Wildman–Crippen MR) is 94.8 cm³/mol. The summed E-state index contributed by atoms with van der Waals surface area (Å²) in [7, 11) is 0. The van der Waals surface area contributed by atoms with Gasteiger partial charge in [-0.2, -0.15) is 4.99 Å². The summed E-state index contributed by atoms with van der Waals surface area (Å²) in [5.41, 5.74) is 8.15. The van der Waals surface area contributed by atoms with Crippen LogP contribution in [0, 0.1) is 0 Å². The van der Waals surface area contributed by atoms with E-state index in [1.807, 2.05) is 54.6 Å². The number of amides is 1. The number of aliphatic imine (C=N–C) groups is 1. The Balaban J connectivity index is 0.00000192. The molecule has 0 aliphatic carbocycles. The van der Waals surface area contributed by atoms with Crippen molar-refractivity contribution < 1.29 is 4.79 Å². The Labute approximate surface area is 140 Å². The number of para-hydroxylation sites is 1. The molecule has 5 nitrogen and oxygen atoms in total. The van der Waals surface area contributed by atoms with Gasteiger partial charge in [0.1, 0.15) is 5.69 Å². The molecule has 0 bridgehead atoms. The van der Waals surface area contributed by atoms with Crippen LogP contribution >= 0.6 is 12.4 Å². The van der Waals surface area contributed by atoms with Gasteiger partial charge in [-0.05, 0) is 17.7 Å². The predicted octanol–water partition coefficient (Wildman–Crippen LogP) is 2.83. The van der Waals surface area contributed by atoms with Crippen molar-refractivity contribution in [3.05, 3.63) is 71.9 Å². The van der Waals surface area contributed by atoms with Crippen molar-refractivity contribution in [3.63, 3.8) is 0 Å². The molecule has 0 unspecified atom stereocenters. The largest absolute Gasteiger partial charge is 0.370 e. The monoisotopic (exact) mass is 328 g/mol. The average Bonchev–Trinajstić information content (AvgIpc) is 2.98. The molecule has 1 aromatic heterocycles. The molecule has 2 aromatic carbocycles. The van der Waals surface area contributed by atoms with Crippen LogP contribution in [-0.4, -0.2) is 16.9 Å². The topological polar surface area (TPSA) is 83.3 Å². The highest BCUT2D eigenvalue weighted by Crippen LogP contribution is 2.15. The number of nitrogens with one attached hydrogen (secondary N) is 2. The van der Waals surface area contributed by atoms with Crippen molar-refractivity contribution in [2.45, 2.75) is 6.54 Å². The zero-order chi connectivity index (χ0) is 15.4. The van der Waals surface area contributed by atoms with Gasteiger partial charge >= 0.3 is 0 Å². The van der Waals surface area contributed by atoms with E-state index in [-0.39, 0.29) is 18.4 Å². The van der Waals surface area contributed by atoms with E-state index in [9.17, 15) is 4.79 Å². The number of nitrogens with two attached hydrogens (primary N) is 1. The molecule has 0 aliphatic heterocycles. The third-order valence-electron chi connectivity index (χ3n) is 3.30. The molecule has 0 aliphatic rings. The summed E-state index contributed by atoms with van der Waals surface area (Å²) in [5.74, 6) is -0.290. The van der Waals surface area contributed by atoms with Gasteiger partial charge < -0.3 is 16.0 Å². The number of carbonyl (C=O) groups excluding carboxylic acids is 1. The molecule has 4 N–H and O–H groups in total. The summed E-state index contributed by atoms with van der Waals surface area (Å²) in [6.45, 7) is 0.524. The van der Waals surface area contributed by atoms with Crippen LogP contribution in [-0.2, 0) is 6.54 Å². The highest BCUT2D eigenvalue weighted by molar-refractivity contribution is 6.03. The molecule has 3 aromatic rings. The Morgan fingerprint density at radius 2 is 1.78 bits per heavy atom. The maximum atomic E-state index is 12.1. The number of fused-ring (bicyclic) bond motifs is 1. The fourth-order valence-electron chi connectivity index (χ4n) is 2.19. The maximum Gasteiger partial charge on any atom is 0.296 e. The molecule has 6 heteroatoms. The summed E-state index contributed by atoms with van der Waals surface area (Å²) in [4.78, 5) is 19.0. The summed E-state index contributed by atoms with van der Waals surface area (Å²) >= 11 is 0. The number of H-pyrrole nitrogens is 1. The van der Waals surface area contributed by atoms with Crippen molar-refractivity contribution in [3.8, 4) is 0 Å². The molecule has 3 rings (SSSR count). The lowest BCUT2D eigenvalue weighted by molar-refractivity contribution is 0.0998. The number of guanidine groups is 1. The van der Waals surface area contributed by atoms with Crippen LogP contribution in [0.3, 0.4) is 0 Å². The van der Waals surface area contributed by atoms with Crippen molar-refractivity contribution in [1.29, 1.82) is 0 Å². The first kappa shape index (κ1) is 16.6. The van der Waals surface area contributed by atoms with E-state index in [1.54, 1.807) is 6.07 Å². The maximum absolute atomic E-state index is 12.1. The average molecular weight is 329 g/mol. The van der Waals surface area contributed by atoms with Gasteiger partial charge in [-0.3, -0.25) is 4.79 Å². The van der Waals surface area contributed by atoms with Crippen molar-refractivity contribution in [2.24, 2.45) is 10.7 Å². The second-order valence-electron chi connectivity index (χ2n) is 4.91. The summed E-state index contributed by atoms with van der Waals surface area (Å²) in [6, 6.07) is 19.2. The number of rotatable bonds is 3. The minimum Gasteiger partial charge on any atom is -0.370 e. The van der Waals surface area contributed by atoms with E-state index in [1.165, 1.54) is 0 Å². The molecule has 0 radical (unpaired) electrons. The van der Waals surface area contributed by atoms with E-state index >= 15 is 0 Å². The number of nitrogens with zero attached hydrogens (tertiary/aromatic N) is 1. The molecular weight excluding hydrogens is 312 g/mol. The number of halogens is 1. The van der Waals surface area contributed by atoms with Gasteiger partial charge in [0.25, 0.3) is 5.91 Å². The fraction of sp³-hybridized carbons (Fsp3) is 0.0588. The van der Waals surface area contributed by atoms with E-state index in [2.05, 4.69) is 15.3 Å². The number of carbonyl (C=O) groups is 1. The number of aromatic amines is 1. The molecule has 1 amide bonds. The minimum atomic E-state index is -0.394. The number of benzene rings is 2. The molecule has 0 fully saturated rings. The SMILES string of the molecule is Cl.NC(=NC(=O)c1cc2ccccc2[nH]1)NCc1ccccc1. The lowest BCUT2D eigenvalue weighted by atomic mass is 10.2. The van der Waals surface area contributed by atoms with Gasteiger partial charge in [0.05, 0.1) is 0 Å². The molecule has 23 heavy (non-hydrogen) atoms. The molecule has 0 atom stereocenters. The van der Waals surface area contributed by atoms with Crippen LogP contribution in [0.5, 0.6) is 0 Å². The molecule has 118 valence electrons. The molecule has 0 saturated carbocycles. The first-order valence-corrected chi connectivity index (χ1v) is 6.96. The Bertz CT molecular complexity index is 794. The van der Waals surface area contributed by atoms with Crippen LogP contribution in [0.1, 0.15) is 16.1 Å². The van der Waals surface area contributed by atoms with E-state index < -0.39 is 5.91 Å². The van der Waals surface area contributed by atoms with Crippen LogP contribution in [0.4, 0.5) is 0 Å². The molecule has 1 heterocycles. The molecule has 0 spiro atoms. The first-order chi connectivity index (χ1) is 10.7. The van der Waals surface area contributed by atoms with Crippen LogP contribution < -0.4 is 11.1 Å². The zero-order valence-electron chi connectivity index (χ0n) is 12.3. The highest BCUT2D eigenvalue weighted by atomic mass is 35.5. The van der Waals surface area contributed by atoms with E-state index in [4.69, 9.17) is 5.73 Å². The summed E-state index contributed by atoms with van der Waals surface area (Å²) in [5, 5.41) is 3.90. The normalized spacial score (nSPS) is 11.0. The lowest BCUT2D eigenvalue weighted by Crippen LogP contribution is -2.32. The number of hydrogen-bond acceptors (Lipinski definition) is 1. The van der Waals surface area contributed by atoms with Crippen LogP contribution in [0.25, 0.3) is 10.9 Å². The van der Waals surface area contributed by atoms with Crippen molar-refractivity contribution >= 4 is 35.2 Å². The van der Waals surface area contributed by atoms with Gasteiger partial charge in [-0.15, -0.1) is 12.4 Å². The first-order valence-electron chi connectivity index (χ1n) is 6.96. The standard InChI is InChI=1S/C17H16N4O.ClH/c18-17(19-11-12-6-2-1-3-7-12)21-16(22)15-10-13-8-4-5-9-14(13)20-15;/h1-10,20H,11H2,(H3,18,19,21,22);1H. The van der Waals surface area contributed by atoms with Gasteiger partial charge in [-0.1, -0.05) is 48.5 Å². The highest BCUT2D eigenvalue weighted by Gasteiger charge is 2.08. The Morgan fingerprint density at radius 1 is 1.09 bits per heavy atom. The van der Waals surface area contributed by atoms with Gasteiger partial charge in [0.2, 0.25) is 0 Å². The summed E-state index contributed by atoms with van der Waals surface area (Å²) < 4.78 is 0.